The van der Waals surface area contributed by atoms with E-state index in [1.807, 2.05) is 0 Å². The first-order valence-corrected chi connectivity index (χ1v) is 5.58. The molecule has 1 aromatic carbocycles. The molecular weight excluding hydrogens is 280 g/mol. The molecule has 0 aliphatic rings. The lowest BCUT2D eigenvalue weighted by Gasteiger charge is -2.10. The molecule has 0 aliphatic carbocycles. The summed E-state index contributed by atoms with van der Waals surface area (Å²) < 4.78 is 0. The van der Waals surface area contributed by atoms with Gasteiger partial charge in [-0.15, -0.1) is 11.6 Å². The van der Waals surface area contributed by atoms with Gasteiger partial charge in [-0.1, -0.05) is 34.8 Å². The lowest BCUT2D eigenvalue weighted by atomic mass is 10.3. The van der Waals surface area contributed by atoms with Crippen molar-refractivity contribution in [1.82, 2.24) is 0 Å². The summed E-state index contributed by atoms with van der Waals surface area (Å²) >= 11 is 23.0. The van der Waals surface area contributed by atoms with Crippen LogP contribution in [0.15, 0.2) is 12.1 Å². The maximum absolute atomic E-state index is 11.3. The van der Waals surface area contributed by atoms with Gasteiger partial charge in [-0.25, -0.2) is 0 Å². The molecule has 0 fully saturated rings. The van der Waals surface area contributed by atoms with E-state index in [1.54, 1.807) is 6.92 Å². The van der Waals surface area contributed by atoms with Crippen molar-refractivity contribution in [3.05, 3.63) is 27.2 Å². The van der Waals surface area contributed by atoms with E-state index in [-0.39, 0.29) is 16.0 Å². The van der Waals surface area contributed by atoms with Crippen molar-refractivity contribution in [2.24, 2.45) is 0 Å². The second-order valence-electron chi connectivity index (χ2n) is 2.85. The largest absolute Gasteiger partial charge is 0.322 e. The molecule has 1 aromatic rings. The Bertz CT molecular complexity index is 369. The summed E-state index contributed by atoms with van der Waals surface area (Å²) in [5, 5.41) is 2.81. The molecule has 0 radical (unpaired) electrons. The van der Waals surface area contributed by atoms with Crippen molar-refractivity contribution in [2.45, 2.75) is 12.3 Å². The molecule has 0 saturated heterocycles. The van der Waals surface area contributed by atoms with E-state index in [1.165, 1.54) is 12.1 Å². The Labute approximate surface area is 107 Å². The number of benzene rings is 1. The predicted octanol–water partition coefficient (Wildman–Crippen LogP) is 4.21. The highest BCUT2D eigenvalue weighted by atomic mass is 35.5. The number of carbonyl (C=O) groups excluding carboxylic acids is 1. The zero-order valence-electron chi connectivity index (χ0n) is 7.65. The average Bonchev–Trinajstić information content (AvgIpc) is 2.10. The van der Waals surface area contributed by atoms with Crippen molar-refractivity contribution in [2.75, 3.05) is 5.32 Å². The van der Waals surface area contributed by atoms with Crippen LogP contribution in [-0.4, -0.2) is 11.3 Å². The molecule has 0 heterocycles. The zero-order chi connectivity index (χ0) is 11.6. The van der Waals surface area contributed by atoms with Crippen molar-refractivity contribution in [3.63, 3.8) is 0 Å². The van der Waals surface area contributed by atoms with Crippen LogP contribution in [0.5, 0.6) is 0 Å². The molecule has 82 valence electrons. The Morgan fingerprint density at radius 1 is 1.27 bits per heavy atom. The minimum Gasteiger partial charge on any atom is -0.322 e. The van der Waals surface area contributed by atoms with E-state index in [9.17, 15) is 4.79 Å². The molecule has 0 aliphatic heterocycles. The minimum atomic E-state index is -0.659. The van der Waals surface area contributed by atoms with Crippen LogP contribution in [0.2, 0.25) is 15.1 Å². The molecule has 0 spiro atoms. The summed E-state index contributed by atoms with van der Waals surface area (Å²) in [7, 11) is 0. The molecule has 0 aromatic heterocycles. The Hall–Kier alpha value is -0.150. The van der Waals surface area contributed by atoms with Gasteiger partial charge in [0.15, 0.2) is 0 Å². The number of amides is 1. The van der Waals surface area contributed by atoms with Crippen molar-refractivity contribution in [3.8, 4) is 0 Å². The van der Waals surface area contributed by atoms with E-state index in [0.29, 0.717) is 10.7 Å². The molecule has 1 N–H and O–H groups in total. The van der Waals surface area contributed by atoms with Gasteiger partial charge in [0, 0.05) is 5.02 Å². The molecule has 1 amide bonds. The fraction of sp³-hybridized carbons (Fsp3) is 0.222. The number of hydrogen-bond donors (Lipinski definition) is 1. The van der Waals surface area contributed by atoms with E-state index >= 15 is 0 Å². The van der Waals surface area contributed by atoms with Gasteiger partial charge in [-0.05, 0) is 19.1 Å². The SMILES string of the molecule is CC(Cl)C(=O)Nc1c(Cl)cc(Cl)cc1Cl. The number of halogens is 4. The lowest BCUT2D eigenvalue weighted by Crippen LogP contribution is -2.20. The van der Waals surface area contributed by atoms with Gasteiger partial charge in [0.1, 0.15) is 5.38 Å². The molecular formula is C9H7Cl4NO. The first-order chi connectivity index (χ1) is 6.91. The molecule has 15 heavy (non-hydrogen) atoms. The van der Waals surface area contributed by atoms with Gasteiger partial charge >= 0.3 is 0 Å². The molecule has 1 unspecified atom stereocenters. The molecule has 2 nitrogen and oxygen atoms in total. The molecule has 1 atom stereocenters. The quantitative estimate of drug-likeness (QED) is 0.811. The third-order valence-corrected chi connectivity index (χ3v) is 2.63. The van der Waals surface area contributed by atoms with Gasteiger partial charge in [0.2, 0.25) is 5.91 Å². The van der Waals surface area contributed by atoms with Crippen LogP contribution in [-0.2, 0) is 4.79 Å². The fourth-order valence-corrected chi connectivity index (χ4v) is 1.85. The van der Waals surface area contributed by atoms with Crippen LogP contribution in [0.1, 0.15) is 6.92 Å². The Morgan fingerprint density at radius 3 is 2.13 bits per heavy atom. The summed E-state index contributed by atoms with van der Waals surface area (Å²) in [4.78, 5) is 11.3. The van der Waals surface area contributed by atoms with E-state index in [2.05, 4.69) is 5.32 Å². The van der Waals surface area contributed by atoms with Crippen LogP contribution >= 0.6 is 46.4 Å². The number of hydrogen-bond acceptors (Lipinski definition) is 1. The average molecular weight is 287 g/mol. The van der Waals surface area contributed by atoms with Gasteiger partial charge < -0.3 is 5.32 Å². The number of nitrogens with one attached hydrogen (secondary N) is 1. The summed E-state index contributed by atoms with van der Waals surface area (Å²) in [5.74, 6) is -0.372. The summed E-state index contributed by atoms with van der Waals surface area (Å²) in [6, 6.07) is 2.98. The summed E-state index contributed by atoms with van der Waals surface area (Å²) in [6.07, 6.45) is 0. The molecule has 0 bridgehead atoms. The smallest absolute Gasteiger partial charge is 0.242 e. The Balaban J connectivity index is 3.00. The van der Waals surface area contributed by atoms with Crippen molar-refractivity contribution in [1.29, 1.82) is 0 Å². The third-order valence-electron chi connectivity index (χ3n) is 1.62. The fourth-order valence-electron chi connectivity index (χ4n) is 0.884. The van der Waals surface area contributed by atoms with Crippen LogP contribution < -0.4 is 5.32 Å². The van der Waals surface area contributed by atoms with Crippen LogP contribution in [0, 0.1) is 0 Å². The van der Waals surface area contributed by atoms with Crippen molar-refractivity contribution < 1.29 is 4.79 Å². The lowest BCUT2D eigenvalue weighted by molar-refractivity contribution is -0.115. The predicted molar refractivity (Wildman–Crippen MR) is 65.4 cm³/mol. The summed E-state index contributed by atoms with van der Waals surface area (Å²) in [5.41, 5.74) is 0.320. The van der Waals surface area contributed by atoms with Crippen LogP contribution in [0.25, 0.3) is 0 Å². The highest BCUT2D eigenvalue weighted by Gasteiger charge is 2.14. The van der Waals surface area contributed by atoms with Gasteiger partial charge in [0.25, 0.3) is 0 Å². The number of rotatable bonds is 2. The highest BCUT2D eigenvalue weighted by Crippen LogP contribution is 2.33. The van der Waals surface area contributed by atoms with Crippen LogP contribution in [0.4, 0.5) is 5.69 Å². The number of alkyl halides is 1. The maximum Gasteiger partial charge on any atom is 0.242 e. The minimum absolute atomic E-state index is 0.276. The Morgan fingerprint density at radius 2 is 1.73 bits per heavy atom. The number of anilines is 1. The van der Waals surface area contributed by atoms with Crippen LogP contribution in [0.3, 0.4) is 0 Å². The van der Waals surface area contributed by atoms with E-state index in [4.69, 9.17) is 46.4 Å². The molecule has 6 heteroatoms. The molecule has 1 rings (SSSR count). The first-order valence-electron chi connectivity index (χ1n) is 4.01. The van der Waals surface area contributed by atoms with Gasteiger partial charge in [0.05, 0.1) is 15.7 Å². The second-order valence-corrected chi connectivity index (χ2v) is 4.76. The van der Waals surface area contributed by atoms with E-state index in [0.717, 1.165) is 0 Å². The van der Waals surface area contributed by atoms with E-state index < -0.39 is 5.38 Å². The Kier molecular flexibility index (Phi) is 4.53. The highest BCUT2D eigenvalue weighted by molar-refractivity contribution is 6.43. The second kappa shape index (κ2) is 5.26. The third kappa shape index (κ3) is 3.42. The molecule has 0 saturated carbocycles. The van der Waals surface area contributed by atoms with Gasteiger partial charge in [-0.3, -0.25) is 4.79 Å². The zero-order valence-corrected chi connectivity index (χ0v) is 10.7. The first kappa shape index (κ1) is 12.9. The van der Waals surface area contributed by atoms with Gasteiger partial charge in [-0.2, -0.15) is 0 Å². The normalized spacial score (nSPS) is 12.3. The topological polar surface area (TPSA) is 29.1 Å². The standard InChI is InChI=1S/C9H7Cl4NO/c1-4(10)9(15)14-8-6(12)2-5(11)3-7(8)13/h2-4H,1H3,(H,14,15). The summed E-state index contributed by atoms with van der Waals surface area (Å²) in [6.45, 7) is 1.55. The van der Waals surface area contributed by atoms with Crippen molar-refractivity contribution >= 4 is 58.0 Å². The monoisotopic (exact) mass is 285 g/mol. The maximum atomic E-state index is 11.3. The number of carbonyl (C=O) groups is 1.